The van der Waals surface area contributed by atoms with Crippen LogP contribution in [-0.2, 0) is 0 Å². The van der Waals surface area contributed by atoms with Crippen molar-refractivity contribution in [1.82, 2.24) is 14.9 Å². The van der Waals surface area contributed by atoms with Gasteiger partial charge in [0.1, 0.15) is 0 Å². The predicted molar refractivity (Wildman–Crippen MR) is 84.5 cm³/mol. The molecule has 1 aromatic rings. The first kappa shape index (κ1) is 15.2. The predicted octanol–water partition coefficient (Wildman–Crippen LogP) is 2.01. The molecule has 1 saturated heterocycles. The molecule has 2 aliphatic heterocycles. The van der Waals surface area contributed by atoms with Crippen molar-refractivity contribution in [1.29, 1.82) is 0 Å². The summed E-state index contributed by atoms with van der Waals surface area (Å²) >= 11 is 0. The fourth-order valence-electron chi connectivity index (χ4n) is 3.18. The highest BCUT2D eigenvalue weighted by Gasteiger charge is 2.39. The molecule has 1 aromatic carbocycles. The Bertz CT molecular complexity index is 530. The lowest BCUT2D eigenvalue weighted by Gasteiger charge is -2.38. The van der Waals surface area contributed by atoms with E-state index in [-0.39, 0.29) is 11.8 Å². The number of hydrogen-bond donors (Lipinski definition) is 0. The van der Waals surface area contributed by atoms with E-state index in [9.17, 15) is 9.59 Å². The SMILES string of the molecule is CCCCCN1CCN(N2C(=O)c3ccccc3C2=O)CC1. The van der Waals surface area contributed by atoms with E-state index in [2.05, 4.69) is 11.8 Å². The van der Waals surface area contributed by atoms with Gasteiger partial charge in [0.05, 0.1) is 11.1 Å². The van der Waals surface area contributed by atoms with E-state index in [1.54, 1.807) is 24.3 Å². The minimum absolute atomic E-state index is 0.181. The molecule has 2 heterocycles. The van der Waals surface area contributed by atoms with Gasteiger partial charge in [-0.25, -0.2) is 10.0 Å². The van der Waals surface area contributed by atoms with Crippen LogP contribution in [0.1, 0.15) is 46.9 Å². The van der Waals surface area contributed by atoms with E-state index < -0.39 is 0 Å². The standard InChI is InChI=1S/C17H23N3O2/c1-2-3-6-9-18-10-12-19(13-11-18)20-16(21)14-7-4-5-8-15(14)17(20)22/h4-5,7-8H,2-3,6,9-13H2,1H3. The molecule has 5 heteroatoms. The first-order valence-corrected chi connectivity index (χ1v) is 8.17. The van der Waals surface area contributed by atoms with E-state index in [0.29, 0.717) is 11.1 Å². The molecule has 22 heavy (non-hydrogen) atoms. The first-order chi connectivity index (χ1) is 10.7. The molecule has 3 rings (SSSR count). The number of hydrazine groups is 1. The lowest BCUT2D eigenvalue weighted by atomic mass is 10.1. The number of imide groups is 1. The highest BCUT2D eigenvalue weighted by Crippen LogP contribution is 2.24. The molecule has 0 saturated carbocycles. The third-order valence-electron chi connectivity index (χ3n) is 4.48. The quantitative estimate of drug-likeness (QED) is 0.616. The van der Waals surface area contributed by atoms with E-state index >= 15 is 0 Å². The van der Waals surface area contributed by atoms with Crippen LogP contribution in [0.3, 0.4) is 0 Å². The molecule has 1 fully saturated rings. The number of fused-ring (bicyclic) bond motifs is 1. The van der Waals surface area contributed by atoms with Gasteiger partial charge in [-0.3, -0.25) is 9.59 Å². The third kappa shape index (κ3) is 2.78. The molecule has 118 valence electrons. The topological polar surface area (TPSA) is 43.9 Å². The number of piperazine rings is 1. The summed E-state index contributed by atoms with van der Waals surface area (Å²) in [6, 6.07) is 7.07. The van der Waals surface area contributed by atoms with Crippen molar-refractivity contribution in [2.45, 2.75) is 26.2 Å². The summed E-state index contributed by atoms with van der Waals surface area (Å²) in [6.07, 6.45) is 3.72. The van der Waals surface area contributed by atoms with Crippen LogP contribution in [0.15, 0.2) is 24.3 Å². The summed E-state index contributed by atoms with van der Waals surface area (Å²) in [6.45, 7) is 6.62. The summed E-state index contributed by atoms with van der Waals surface area (Å²) in [5, 5.41) is 3.25. The van der Waals surface area contributed by atoms with E-state index in [1.807, 2.05) is 5.01 Å². The number of amides is 2. The van der Waals surface area contributed by atoms with Gasteiger partial charge < -0.3 is 4.90 Å². The van der Waals surface area contributed by atoms with Crippen LogP contribution < -0.4 is 0 Å². The van der Waals surface area contributed by atoms with Gasteiger partial charge in [0.15, 0.2) is 0 Å². The largest absolute Gasteiger partial charge is 0.301 e. The van der Waals surface area contributed by atoms with Crippen molar-refractivity contribution in [3.8, 4) is 0 Å². The number of hydrogen-bond acceptors (Lipinski definition) is 4. The van der Waals surface area contributed by atoms with Crippen LogP contribution in [0.2, 0.25) is 0 Å². The molecule has 0 spiro atoms. The monoisotopic (exact) mass is 301 g/mol. The van der Waals surface area contributed by atoms with Crippen molar-refractivity contribution in [2.24, 2.45) is 0 Å². The number of rotatable bonds is 5. The molecule has 0 aliphatic carbocycles. The maximum absolute atomic E-state index is 12.4. The highest BCUT2D eigenvalue weighted by atomic mass is 16.2. The number of benzene rings is 1. The van der Waals surface area contributed by atoms with Crippen LogP contribution in [0.4, 0.5) is 0 Å². The molecule has 0 unspecified atom stereocenters. The lowest BCUT2D eigenvalue weighted by molar-refractivity contribution is -0.0211. The Balaban J connectivity index is 1.61. The van der Waals surface area contributed by atoms with Crippen LogP contribution in [0.5, 0.6) is 0 Å². The van der Waals surface area contributed by atoms with Crippen molar-refractivity contribution in [3.63, 3.8) is 0 Å². The minimum Gasteiger partial charge on any atom is -0.301 e. The summed E-state index contributed by atoms with van der Waals surface area (Å²) in [5.41, 5.74) is 1.05. The zero-order chi connectivity index (χ0) is 15.5. The maximum Gasteiger partial charge on any atom is 0.276 e. The lowest BCUT2D eigenvalue weighted by Crippen LogP contribution is -2.55. The van der Waals surface area contributed by atoms with Gasteiger partial charge in [-0.15, -0.1) is 0 Å². The number of unbranched alkanes of at least 4 members (excludes halogenated alkanes) is 2. The molecular formula is C17H23N3O2. The summed E-state index contributed by atoms with van der Waals surface area (Å²) in [5.74, 6) is -0.361. The molecule has 0 N–H and O–H groups in total. The Labute approximate surface area is 131 Å². The van der Waals surface area contributed by atoms with Gasteiger partial charge in [0.25, 0.3) is 11.8 Å². The van der Waals surface area contributed by atoms with E-state index in [4.69, 9.17) is 0 Å². The summed E-state index contributed by atoms with van der Waals surface area (Å²) < 4.78 is 0. The average Bonchev–Trinajstić information content (AvgIpc) is 2.81. The van der Waals surface area contributed by atoms with Crippen molar-refractivity contribution < 1.29 is 9.59 Å². The molecular weight excluding hydrogens is 278 g/mol. The molecule has 5 nitrogen and oxygen atoms in total. The smallest absolute Gasteiger partial charge is 0.276 e. The second kappa shape index (κ2) is 6.58. The average molecular weight is 301 g/mol. The van der Waals surface area contributed by atoms with Crippen molar-refractivity contribution in [3.05, 3.63) is 35.4 Å². The maximum atomic E-state index is 12.4. The van der Waals surface area contributed by atoms with Crippen molar-refractivity contribution in [2.75, 3.05) is 32.7 Å². The third-order valence-corrected chi connectivity index (χ3v) is 4.48. The van der Waals surface area contributed by atoms with Crippen LogP contribution >= 0.6 is 0 Å². The minimum atomic E-state index is -0.181. The Kier molecular flexibility index (Phi) is 4.55. The van der Waals surface area contributed by atoms with Gasteiger partial charge in [0.2, 0.25) is 0 Å². The van der Waals surface area contributed by atoms with Gasteiger partial charge in [-0.05, 0) is 25.1 Å². The van der Waals surface area contributed by atoms with Crippen molar-refractivity contribution >= 4 is 11.8 Å². The number of carbonyl (C=O) groups is 2. The highest BCUT2D eigenvalue weighted by molar-refractivity contribution is 6.20. The molecule has 0 radical (unpaired) electrons. The molecule has 2 amide bonds. The van der Waals surface area contributed by atoms with Crippen LogP contribution in [0.25, 0.3) is 0 Å². The zero-order valence-electron chi connectivity index (χ0n) is 13.1. The first-order valence-electron chi connectivity index (χ1n) is 8.17. The van der Waals surface area contributed by atoms with Crippen LogP contribution in [-0.4, -0.2) is 59.5 Å². The van der Waals surface area contributed by atoms with Gasteiger partial charge in [-0.2, -0.15) is 0 Å². The van der Waals surface area contributed by atoms with Gasteiger partial charge in [0, 0.05) is 26.2 Å². The Morgan fingerprint density at radius 3 is 2.05 bits per heavy atom. The Morgan fingerprint density at radius 1 is 0.909 bits per heavy atom. The summed E-state index contributed by atoms with van der Waals surface area (Å²) in [4.78, 5) is 27.3. The molecule has 0 atom stereocenters. The Morgan fingerprint density at radius 2 is 1.50 bits per heavy atom. The second-order valence-electron chi connectivity index (χ2n) is 5.97. The van der Waals surface area contributed by atoms with Gasteiger partial charge in [-0.1, -0.05) is 31.9 Å². The van der Waals surface area contributed by atoms with Crippen LogP contribution in [0, 0.1) is 0 Å². The second-order valence-corrected chi connectivity index (χ2v) is 5.97. The van der Waals surface area contributed by atoms with Gasteiger partial charge >= 0.3 is 0 Å². The zero-order valence-corrected chi connectivity index (χ0v) is 13.1. The molecule has 2 aliphatic rings. The normalized spacial score (nSPS) is 19.8. The molecule has 0 aromatic heterocycles. The summed E-state index contributed by atoms with van der Waals surface area (Å²) in [7, 11) is 0. The Hall–Kier alpha value is -1.72. The molecule has 0 bridgehead atoms. The number of nitrogens with zero attached hydrogens (tertiary/aromatic N) is 3. The van der Waals surface area contributed by atoms with E-state index in [1.165, 1.54) is 24.3 Å². The fourth-order valence-corrected chi connectivity index (χ4v) is 3.18. The number of carbonyl (C=O) groups excluding carboxylic acids is 2. The fraction of sp³-hybridized carbons (Fsp3) is 0.529. The van der Waals surface area contributed by atoms with E-state index in [0.717, 1.165) is 32.7 Å².